The van der Waals surface area contributed by atoms with Crippen LogP contribution in [0.4, 0.5) is 5.95 Å². The Balaban J connectivity index is 2.06. The first-order valence-corrected chi connectivity index (χ1v) is 6.41. The lowest BCUT2D eigenvalue weighted by Gasteiger charge is -2.21. The molecule has 1 saturated heterocycles. The van der Waals surface area contributed by atoms with Crippen LogP contribution in [-0.4, -0.2) is 39.9 Å². The normalized spacial score (nSPS) is 15.9. The molecule has 1 atom stereocenters. The summed E-state index contributed by atoms with van der Waals surface area (Å²) in [5.74, 6) is 0.387. The first-order valence-electron chi connectivity index (χ1n) is 6.41. The highest BCUT2D eigenvalue weighted by atomic mass is 16.2. The molecule has 1 aromatic heterocycles. The van der Waals surface area contributed by atoms with Crippen molar-refractivity contribution in [3.05, 3.63) is 17.5 Å². The van der Waals surface area contributed by atoms with E-state index in [9.17, 15) is 4.79 Å². The van der Waals surface area contributed by atoms with Gasteiger partial charge in [-0.2, -0.15) is 5.26 Å². The van der Waals surface area contributed by atoms with Crippen molar-refractivity contribution in [3.63, 3.8) is 0 Å². The van der Waals surface area contributed by atoms with E-state index < -0.39 is 0 Å². The second kappa shape index (κ2) is 5.65. The highest BCUT2D eigenvalue weighted by molar-refractivity contribution is 5.84. The monoisotopic (exact) mass is 259 g/mol. The van der Waals surface area contributed by atoms with Crippen molar-refractivity contribution in [1.82, 2.24) is 14.9 Å². The molecule has 0 saturated carbocycles. The second-order valence-corrected chi connectivity index (χ2v) is 4.73. The van der Waals surface area contributed by atoms with Gasteiger partial charge in [0.2, 0.25) is 11.9 Å². The van der Waals surface area contributed by atoms with Crippen LogP contribution in [0.5, 0.6) is 0 Å². The Bertz CT molecular complexity index is 516. The Morgan fingerprint density at radius 1 is 1.47 bits per heavy atom. The van der Waals surface area contributed by atoms with Crippen molar-refractivity contribution in [3.8, 4) is 6.07 Å². The summed E-state index contributed by atoms with van der Waals surface area (Å²) in [7, 11) is 0. The summed E-state index contributed by atoms with van der Waals surface area (Å²) in [4.78, 5) is 22.2. The van der Waals surface area contributed by atoms with Crippen LogP contribution in [0.3, 0.4) is 0 Å². The Kier molecular flexibility index (Phi) is 3.95. The molecule has 1 aliphatic rings. The minimum Gasteiger partial charge on any atom is -0.343 e. The maximum Gasteiger partial charge on any atom is 0.244 e. The molecule has 0 aliphatic carbocycles. The lowest BCUT2D eigenvalue weighted by atomic mass is 10.3. The van der Waals surface area contributed by atoms with E-state index in [4.69, 9.17) is 5.26 Å². The number of likely N-dealkylation sites (tertiary alicyclic amines) is 1. The summed E-state index contributed by atoms with van der Waals surface area (Å²) in [5.41, 5.74) is 1.01. The minimum atomic E-state index is -0.383. The highest BCUT2D eigenvalue weighted by Gasteiger charge is 2.23. The number of nitriles is 1. The molecule has 6 nitrogen and oxygen atoms in total. The Labute approximate surface area is 112 Å². The van der Waals surface area contributed by atoms with E-state index in [1.54, 1.807) is 19.9 Å². The molecule has 1 N–H and O–H groups in total. The van der Waals surface area contributed by atoms with Gasteiger partial charge in [-0.1, -0.05) is 0 Å². The number of hydrogen-bond acceptors (Lipinski definition) is 5. The van der Waals surface area contributed by atoms with Crippen molar-refractivity contribution in [2.75, 3.05) is 18.4 Å². The standard InChI is InChI=1S/C13H17N5O/c1-9-7-11(8-14)17-13(15-9)16-10(2)12(19)18-5-3-4-6-18/h7,10H,3-6H2,1-2H3,(H,15,16,17). The van der Waals surface area contributed by atoms with Gasteiger partial charge in [-0.05, 0) is 32.8 Å². The molecule has 0 spiro atoms. The summed E-state index contributed by atoms with van der Waals surface area (Å²) in [6, 6.07) is 3.21. The number of nitrogens with zero attached hydrogens (tertiary/aromatic N) is 4. The maximum absolute atomic E-state index is 12.1. The third kappa shape index (κ3) is 3.19. The summed E-state index contributed by atoms with van der Waals surface area (Å²) >= 11 is 0. The van der Waals surface area contributed by atoms with Crippen molar-refractivity contribution >= 4 is 11.9 Å². The van der Waals surface area contributed by atoms with E-state index >= 15 is 0 Å². The van der Waals surface area contributed by atoms with E-state index in [1.165, 1.54) is 0 Å². The molecular formula is C13H17N5O. The predicted octanol–water partition coefficient (Wildman–Crippen LogP) is 1.08. The zero-order chi connectivity index (χ0) is 13.8. The van der Waals surface area contributed by atoms with Crippen LogP contribution in [0.25, 0.3) is 0 Å². The van der Waals surface area contributed by atoms with Crippen LogP contribution in [0.15, 0.2) is 6.07 Å². The van der Waals surface area contributed by atoms with Crippen LogP contribution >= 0.6 is 0 Å². The van der Waals surface area contributed by atoms with Gasteiger partial charge in [0.15, 0.2) is 0 Å². The highest BCUT2D eigenvalue weighted by Crippen LogP contribution is 2.11. The fraction of sp³-hybridized carbons (Fsp3) is 0.538. The minimum absolute atomic E-state index is 0.0566. The molecule has 1 aliphatic heterocycles. The predicted molar refractivity (Wildman–Crippen MR) is 70.4 cm³/mol. The van der Waals surface area contributed by atoms with Crippen LogP contribution in [-0.2, 0) is 4.79 Å². The van der Waals surface area contributed by atoms with E-state index in [1.807, 2.05) is 11.0 Å². The van der Waals surface area contributed by atoms with Crippen LogP contribution < -0.4 is 5.32 Å². The van der Waals surface area contributed by atoms with Gasteiger partial charge >= 0.3 is 0 Å². The van der Waals surface area contributed by atoms with E-state index in [2.05, 4.69) is 15.3 Å². The molecule has 1 fully saturated rings. The first kappa shape index (κ1) is 13.3. The van der Waals surface area contributed by atoms with Gasteiger partial charge in [-0.25, -0.2) is 9.97 Å². The lowest BCUT2D eigenvalue weighted by Crippen LogP contribution is -2.40. The molecule has 1 unspecified atom stereocenters. The van der Waals surface area contributed by atoms with Gasteiger partial charge in [-0.15, -0.1) is 0 Å². The number of anilines is 1. The zero-order valence-electron chi connectivity index (χ0n) is 11.2. The van der Waals surface area contributed by atoms with Crippen molar-refractivity contribution in [2.45, 2.75) is 32.7 Å². The number of nitrogens with one attached hydrogen (secondary N) is 1. The number of amides is 1. The number of aromatic nitrogens is 2. The van der Waals surface area contributed by atoms with Crippen molar-refractivity contribution < 1.29 is 4.79 Å². The van der Waals surface area contributed by atoms with Crippen molar-refractivity contribution in [1.29, 1.82) is 5.26 Å². The Hall–Kier alpha value is -2.16. The molecule has 100 valence electrons. The van der Waals surface area contributed by atoms with E-state index in [0.29, 0.717) is 17.3 Å². The lowest BCUT2D eigenvalue weighted by molar-refractivity contribution is -0.130. The van der Waals surface area contributed by atoms with Gasteiger partial charge in [0.25, 0.3) is 0 Å². The fourth-order valence-corrected chi connectivity index (χ4v) is 2.16. The Morgan fingerprint density at radius 3 is 2.79 bits per heavy atom. The van der Waals surface area contributed by atoms with Crippen LogP contribution in [0.2, 0.25) is 0 Å². The molecule has 1 amide bonds. The summed E-state index contributed by atoms with van der Waals surface area (Å²) in [6.07, 6.45) is 2.13. The smallest absolute Gasteiger partial charge is 0.244 e. The zero-order valence-corrected chi connectivity index (χ0v) is 11.2. The number of rotatable bonds is 3. The van der Waals surface area contributed by atoms with Crippen LogP contribution in [0.1, 0.15) is 31.2 Å². The third-order valence-electron chi connectivity index (χ3n) is 3.10. The van der Waals surface area contributed by atoms with Gasteiger partial charge in [0.1, 0.15) is 17.8 Å². The van der Waals surface area contributed by atoms with E-state index in [-0.39, 0.29) is 11.9 Å². The summed E-state index contributed by atoms with van der Waals surface area (Å²) in [5, 5.41) is 11.8. The second-order valence-electron chi connectivity index (χ2n) is 4.73. The van der Waals surface area contributed by atoms with E-state index in [0.717, 1.165) is 25.9 Å². The average molecular weight is 259 g/mol. The number of hydrogen-bond donors (Lipinski definition) is 1. The first-order chi connectivity index (χ1) is 9.10. The Morgan fingerprint density at radius 2 is 2.16 bits per heavy atom. The van der Waals surface area contributed by atoms with Gasteiger partial charge < -0.3 is 10.2 Å². The molecule has 19 heavy (non-hydrogen) atoms. The van der Waals surface area contributed by atoms with Crippen LogP contribution in [0, 0.1) is 18.3 Å². The summed E-state index contributed by atoms with van der Waals surface area (Å²) in [6.45, 7) is 5.23. The summed E-state index contributed by atoms with van der Waals surface area (Å²) < 4.78 is 0. The quantitative estimate of drug-likeness (QED) is 0.878. The number of carbonyl (C=O) groups is 1. The molecule has 0 radical (unpaired) electrons. The molecule has 6 heteroatoms. The molecule has 2 rings (SSSR count). The maximum atomic E-state index is 12.1. The number of carbonyl (C=O) groups excluding carboxylic acids is 1. The molecule has 1 aromatic rings. The van der Waals surface area contributed by atoms with Gasteiger partial charge in [0, 0.05) is 18.8 Å². The van der Waals surface area contributed by atoms with Gasteiger partial charge in [-0.3, -0.25) is 4.79 Å². The van der Waals surface area contributed by atoms with Gasteiger partial charge in [0.05, 0.1) is 0 Å². The SMILES string of the molecule is Cc1cc(C#N)nc(NC(C)C(=O)N2CCCC2)n1. The topological polar surface area (TPSA) is 81.9 Å². The number of aryl methyl sites for hydroxylation is 1. The molecule has 2 heterocycles. The van der Waals surface area contributed by atoms with Crippen molar-refractivity contribution in [2.24, 2.45) is 0 Å². The molecule has 0 aromatic carbocycles. The fourth-order valence-electron chi connectivity index (χ4n) is 2.16. The largest absolute Gasteiger partial charge is 0.343 e. The average Bonchev–Trinajstić information content (AvgIpc) is 2.90. The molecular weight excluding hydrogens is 242 g/mol. The third-order valence-corrected chi connectivity index (χ3v) is 3.10. The molecule has 0 bridgehead atoms.